The molecule has 0 bridgehead atoms. The van der Waals surface area contributed by atoms with Gasteiger partial charge in [-0.15, -0.1) is 0 Å². The van der Waals surface area contributed by atoms with E-state index in [2.05, 4.69) is 14.8 Å². The molecule has 0 aromatic carbocycles. The minimum atomic E-state index is 0.306. The Balaban J connectivity index is 1.41. The van der Waals surface area contributed by atoms with Gasteiger partial charge in [-0.1, -0.05) is 12.5 Å². The molecule has 3 rings (SSSR count). The number of aromatic nitrogens is 1. The quantitative estimate of drug-likeness (QED) is 0.857. The number of nitrogens with zero attached hydrogens (tertiary/aromatic N) is 3. The lowest BCUT2D eigenvalue weighted by molar-refractivity contribution is -0.132. The predicted octanol–water partition coefficient (Wildman–Crippen LogP) is 2.49. The van der Waals surface area contributed by atoms with Crippen LogP contribution in [0.1, 0.15) is 44.1 Å². The van der Waals surface area contributed by atoms with Gasteiger partial charge in [0.15, 0.2) is 0 Å². The van der Waals surface area contributed by atoms with Gasteiger partial charge in [0, 0.05) is 37.9 Å². The number of hydrogen-bond donors (Lipinski definition) is 0. The fraction of sp³-hybridized carbons (Fsp3) is 0.667. The van der Waals surface area contributed by atoms with Crippen LogP contribution >= 0.6 is 0 Å². The van der Waals surface area contributed by atoms with Crippen LogP contribution in [0.15, 0.2) is 24.5 Å². The molecule has 3 heterocycles. The average molecular weight is 301 g/mol. The molecular formula is C18H27N3O. The maximum Gasteiger partial charge on any atom is 0.222 e. The lowest BCUT2D eigenvalue weighted by atomic mass is 9.99. The number of carbonyl (C=O) groups excluding carboxylic acids is 1. The van der Waals surface area contributed by atoms with Crippen molar-refractivity contribution < 1.29 is 4.79 Å². The molecule has 0 aliphatic carbocycles. The van der Waals surface area contributed by atoms with Crippen molar-refractivity contribution in [3.8, 4) is 0 Å². The van der Waals surface area contributed by atoms with Gasteiger partial charge in [0.25, 0.3) is 0 Å². The normalized spacial score (nSPS) is 21.0. The molecule has 0 N–H and O–H groups in total. The van der Waals surface area contributed by atoms with E-state index < -0.39 is 0 Å². The fourth-order valence-corrected chi connectivity index (χ4v) is 3.72. The van der Waals surface area contributed by atoms with E-state index in [-0.39, 0.29) is 0 Å². The van der Waals surface area contributed by atoms with Gasteiger partial charge in [0.05, 0.1) is 0 Å². The monoisotopic (exact) mass is 301 g/mol. The Hall–Kier alpha value is -1.42. The molecule has 2 fully saturated rings. The van der Waals surface area contributed by atoms with Crippen molar-refractivity contribution in [2.24, 2.45) is 0 Å². The zero-order valence-electron chi connectivity index (χ0n) is 13.4. The number of amides is 1. The molecule has 1 amide bonds. The van der Waals surface area contributed by atoms with Gasteiger partial charge < -0.3 is 9.80 Å². The van der Waals surface area contributed by atoms with Crippen molar-refractivity contribution >= 4 is 5.91 Å². The number of aryl methyl sites for hydroxylation is 1. The molecule has 4 nitrogen and oxygen atoms in total. The topological polar surface area (TPSA) is 36.4 Å². The highest BCUT2D eigenvalue weighted by Gasteiger charge is 2.27. The van der Waals surface area contributed by atoms with Crippen LogP contribution in [-0.2, 0) is 11.2 Å². The molecule has 4 heteroatoms. The highest BCUT2D eigenvalue weighted by Crippen LogP contribution is 2.21. The van der Waals surface area contributed by atoms with Crippen molar-refractivity contribution in [3.05, 3.63) is 30.1 Å². The van der Waals surface area contributed by atoms with Crippen LogP contribution in [0.4, 0.5) is 0 Å². The van der Waals surface area contributed by atoms with Gasteiger partial charge in [0.2, 0.25) is 5.91 Å². The standard InChI is InChI=1S/C18H27N3O/c22-18(7-6-16-5-4-10-19-15-16)21-13-8-17(9-14-21)20-11-2-1-3-12-20/h4-5,10,15,17H,1-3,6-9,11-14H2. The van der Waals surface area contributed by atoms with Gasteiger partial charge in [-0.2, -0.15) is 0 Å². The summed E-state index contributed by atoms with van der Waals surface area (Å²) in [5.41, 5.74) is 1.15. The highest BCUT2D eigenvalue weighted by atomic mass is 16.2. The molecule has 0 unspecified atom stereocenters. The first-order valence-electron chi connectivity index (χ1n) is 8.73. The van der Waals surface area contributed by atoms with E-state index in [1.54, 1.807) is 6.20 Å². The maximum absolute atomic E-state index is 12.3. The maximum atomic E-state index is 12.3. The second-order valence-corrected chi connectivity index (χ2v) is 6.57. The summed E-state index contributed by atoms with van der Waals surface area (Å²) >= 11 is 0. The summed E-state index contributed by atoms with van der Waals surface area (Å²) in [4.78, 5) is 21.2. The van der Waals surface area contributed by atoms with E-state index in [0.29, 0.717) is 18.4 Å². The third-order valence-corrected chi connectivity index (χ3v) is 5.07. The average Bonchev–Trinajstić information content (AvgIpc) is 2.61. The van der Waals surface area contributed by atoms with Crippen molar-refractivity contribution in [2.75, 3.05) is 26.2 Å². The van der Waals surface area contributed by atoms with E-state index >= 15 is 0 Å². The van der Waals surface area contributed by atoms with Crippen LogP contribution in [0.5, 0.6) is 0 Å². The molecule has 0 saturated carbocycles. The summed E-state index contributed by atoms with van der Waals surface area (Å²) in [5, 5.41) is 0. The van der Waals surface area contributed by atoms with E-state index in [1.807, 2.05) is 18.3 Å². The predicted molar refractivity (Wildman–Crippen MR) is 87.6 cm³/mol. The van der Waals surface area contributed by atoms with Crippen molar-refractivity contribution in [2.45, 2.75) is 51.0 Å². The van der Waals surface area contributed by atoms with Crippen LogP contribution in [0.3, 0.4) is 0 Å². The smallest absolute Gasteiger partial charge is 0.222 e. The molecule has 0 spiro atoms. The van der Waals surface area contributed by atoms with E-state index in [4.69, 9.17) is 0 Å². The Kier molecular flexibility index (Phi) is 5.43. The van der Waals surface area contributed by atoms with Gasteiger partial charge in [-0.3, -0.25) is 9.78 Å². The molecule has 22 heavy (non-hydrogen) atoms. The summed E-state index contributed by atoms with van der Waals surface area (Å²) in [5.74, 6) is 0.306. The second kappa shape index (κ2) is 7.73. The van der Waals surface area contributed by atoms with Gasteiger partial charge in [0.1, 0.15) is 0 Å². The fourth-order valence-electron chi connectivity index (χ4n) is 3.72. The lowest BCUT2D eigenvalue weighted by Gasteiger charge is -2.40. The summed E-state index contributed by atoms with van der Waals surface area (Å²) in [7, 11) is 0. The van der Waals surface area contributed by atoms with Crippen molar-refractivity contribution in [3.63, 3.8) is 0 Å². The Morgan fingerprint density at radius 2 is 1.91 bits per heavy atom. The first-order valence-corrected chi connectivity index (χ1v) is 8.73. The second-order valence-electron chi connectivity index (χ2n) is 6.57. The molecule has 120 valence electrons. The lowest BCUT2D eigenvalue weighted by Crippen LogP contribution is -2.48. The Labute approximate surface area is 133 Å². The first-order chi connectivity index (χ1) is 10.8. The van der Waals surface area contributed by atoms with Crippen LogP contribution in [0.2, 0.25) is 0 Å². The molecule has 1 aromatic heterocycles. The van der Waals surface area contributed by atoms with E-state index in [1.165, 1.54) is 32.4 Å². The number of hydrogen-bond acceptors (Lipinski definition) is 3. The third kappa shape index (κ3) is 4.07. The molecule has 0 atom stereocenters. The summed E-state index contributed by atoms with van der Waals surface area (Å²) < 4.78 is 0. The summed E-state index contributed by atoms with van der Waals surface area (Å²) in [6.45, 7) is 4.40. The SMILES string of the molecule is O=C(CCc1cccnc1)N1CCC(N2CCCCC2)CC1. The zero-order chi connectivity index (χ0) is 15.2. The number of rotatable bonds is 4. The summed E-state index contributed by atoms with van der Waals surface area (Å²) in [6.07, 6.45) is 11.4. The minimum Gasteiger partial charge on any atom is -0.343 e. The van der Waals surface area contributed by atoms with Crippen molar-refractivity contribution in [1.29, 1.82) is 0 Å². The van der Waals surface area contributed by atoms with Gasteiger partial charge >= 0.3 is 0 Å². The number of pyridine rings is 1. The molecule has 2 aliphatic heterocycles. The third-order valence-electron chi connectivity index (χ3n) is 5.07. The van der Waals surface area contributed by atoms with Gasteiger partial charge in [-0.25, -0.2) is 0 Å². The van der Waals surface area contributed by atoms with Crippen molar-refractivity contribution in [1.82, 2.24) is 14.8 Å². The van der Waals surface area contributed by atoms with Crippen LogP contribution in [0.25, 0.3) is 0 Å². The summed E-state index contributed by atoms with van der Waals surface area (Å²) in [6, 6.07) is 4.69. The molecular weight excluding hydrogens is 274 g/mol. The van der Waals surface area contributed by atoms with Crippen LogP contribution in [-0.4, -0.2) is 52.9 Å². The van der Waals surface area contributed by atoms with Gasteiger partial charge in [-0.05, 0) is 56.8 Å². The first kappa shape index (κ1) is 15.5. The minimum absolute atomic E-state index is 0.306. The molecule has 2 saturated heterocycles. The Morgan fingerprint density at radius 3 is 2.59 bits per heavy atom. The largest absolute Gasteiger partial charge is 0.343 e. The number of carbonyl (C=O) groups is 1. The molecule has 1 aromatic rings. The Morgan fingerprint density at radius 1 is 1.14 bits per heavy atom. The number of piperidine rings is 2. The van der Waals surface area contributed by atoms with Crippen LogP contribution < -0.4 is 0 Å². The Bertz CT molecular complexity index is 462. The van der Waals surface area contributed by atoms with E-state index in [0.717, 1.165) is 37.9 Å². The molecule has 0 radical (unpaired) electrons. The number of likely N-dealkylation sites (tertiary alicyclic amines) is 2. The zero-order valence-corrected chi connectivity index (χ0v) is 13.4. The van der Waals surface area contributed by atoms with E-state index in [9.17, 15) is 4.79 Å². The molecule has 2 aliphatic rings. The highest BCUT2D eigenvalue weighted by molar-refractivity contribution is 5.76. The van der Waals surface area contributed by atoms with Crippen LogP contribution in [0, 0.1) is 0 Å².